The molecular weight excluding hydrogens is 436 g/mol. The van der Waals surface area contributed by atoms with Gasteiger partial charge in [0.25, 0.3) is 5.91 Å². The van der Waals surface area contributed by atoms with Gasteiger partial charge in [-0.3, -0.25) is 4.79 Å². The molecule has 0 aliphatic carbocycles. The molecule has 1 saturated heterocycles. The van der Waals surface area contributed by atoms with Gasteiger partial charge in [-0.1, -0.05) is 12.1 Å². The summed E-state index contributed by atoms with van der Waals surface area (Å²) < 4.78 is 37.8. The number of hydrogen-bond donors (Lipinski definition) is 1. The number of benzene rings is 2. The Kier molecular flexibility index (Phi) is 7.99. The topological polar surface area (TPSA) is 84.9 Å². The maximum atomic E-state index is 12.8. The Bertz CT molecular complexity index is 1000. The second-order valence-corrected chi connectivity index (χ2v) is 10.1. The molecule has 1 aliphatic rings. The van der Waals surface area contributed by atoms with Gasteiger partial charge in [-0.25, -0.2) is 8.42 Å². The molecule has 1 aliphatic heterocycles. The number of hydrogen-bond acceptors (Lipinski definition) is 6. The fourth-order valence-corrected chi connectivity index (χ4v) is 5.18. The van der Waals surface area contributed by atoms with E-state index in [0.717, 1.165) is 5.56 Å². The van der Waals surface area contributed by atoms with Crippen LogP contribution in [0, 0.1) is 6.92 Å². The smallest absolute Gasteiger partial charge is 0.258 e. The molecule has 0 aromatic heterocycles. The Hall–Kier alpha value is -2.07. The van der Waals surface area contributed by atoms with Crippen LogP contribution in [-0.2, 0) is 19.6 Å². The molecule has 1 N–H and O–H groups in total. The number of carbonyl (C=O) groups is 1. The molecule has 1 fully saturated rings. The van der Waals surface area contributed by atoms with Gasteiger partial charge in [-0.2, -0.15) is 4.31 Å². The van der Waals surface area contributed by atoms with Crippen molar-refractivity contribution in [2.24, 2.45) is 0 Å². The molecule has 9 heteroatoms. The van der Waals surface area contributed by atoms with Gasteiger partial charge >= 0.3 is 0 Å². The van der Waals surface area contributed by atoms with Crippen LogP contribution in [0.3, 0.4) is 0 Å². The third kappa shape index (κ3) is 6.00. The average Bonchev–Trinajstić information content (AvgIpc) is 2.78. The number of nitrogens with zero attached hydrogens (tertiary/aromatic N) is 1. The van der Waals surface area contributed by atoms with Crippen LogP contribution >= 0.6 is 11.8 Å². The van der Waals surface area contributed by atoms with Crippen molar-refractivity contribution >= 4 is 27.7 Å². The van der Waals surface area contributed by atoms with Crippen molar-refractivity contribution in [3.63, 3.8) is 0 Å². The molecule has 2 aromatic carbocycles. The average molecular weight is 465 g/mol. The number of ether oxygens (including phenoxy) is 2. The predicted octanol–water partition coefficient (Wildman–Crippen LogP) is 2.99. The SMILES string of the molecule is CSc1ccc([C@@H](C)NC(=O)COc2ccc(S(=O)(=O)N3CCOCC3)cc2C)cc1. The van der Waals surface area contributed by atoms with E-state index in [1.807, 2.05) is 37.4 Å². The monoisotopic (exact) mass is 464 g/mol. The predicted molar refractivity (Wildman–Crippen MR) is 121 cm³/mol. The van der Waals surface area contributed by atoms with Crippen LogP contribution in [-0.4, -0.2) is 57.8 Å². The van der Waals surface area contributed by atoms with Crippen LogP contribution in [0.5, 0.6) is 5.75 Å². The maximum Gasteiger partial charge on any atom is 0.258 e. The Morgan fingerprint density at radius 1 is 1.19 bits per heavy atom. The first-order valence-electron chi connectivity index (χ1n) is 10.1. The Morgan fingerprint density at radius 3 is 2.48 bits per heavy atom. The molecule has 1 heterocycles. The van der Waals surface area contributed by atoms with Crippen molar-refractivity contribution in [1.29, 1.82) is 0 Å². The lowest BCUT2D eigenvalue weighted by Gasteiger charge is -2.26. The van der Waals surface area contributed by atoms with Gasteiger partial charge in [0.15, 0.2) is 6.61 Å². The summed E-state index contributed by atoms with van der Waals surface area (Å²) in [5.74, 6) is 0.235. The van der Waals surface area contributed by atoms with Gasteiger partial charge < -0.3 is 14.8 Å². The maximum absolute atomic E-state index is 12.8. The van der Waals surface area contributed by atoms with E-state index in [0.29, 0.717) is 37.6 Å². The first-order valence-corrected chi connectivity index (χ1v) is 12.7. The highest BCUT2D eigenvalue weighted by Gasteiger charge is 2.26. The summed E-state index contributed by atoms with van der Waals surface area (Å²) in [5, 5.41) is 2.92. The lowest BCUT2D eigenvalue weighted by Crippen LogP contribution is -2.40. The summed E-state index contributed by atoms with van der Waals surface area (Å²) in [4.78, 5) is 13.7. The molecule has 168 valence electrons. The number of morpholine rings is 1. The molecule has 0 radical (unpaired) electrons. The second kappa shape index (κ2) is 10.5. The van der Waals surface area contributed by atoms with Crippen LogP contribution in [0.25, 0.3) is 0 Å². The van der Waals surface area contributed by atoms with Gasteiger partial charge in [-0.05, 0) is 61.6 Å². The quantitative estimate of drug-likeness (QED) is 0.605. The molecule has 1 amide bonds. The highest BCUT2D eigenvalue weighted by atomic mass is 32.2. The molecule has 3 rings (SSSR count). The van der Waals surface area contributed by atoms with E-state index in [1.165, 1.54) is 15.3 Å². The van der Waals surface area contributed by atoms with E-state index in [1.54, 1.807) is 30.8 Å². The van der Waals surface area contributed by atoms with Crippen molar-refractivity contribution in [3.8, 4) is 5.75 Å². The van der Waals surface area contributed by atoms with Gasteiger partial charge in [0.05, 0.1) is 24.2 Å². The number of carbonyl (C=O) groups excluding carboxylic acids is 1. The molecule has 0 bridgehead atoms. The number of amides is 1. The van der Waals surface area contributed by atoms with E-state index in [9.17, 15) is 13.2 Å². The van der Waals surface area contributed by atoms with Crippen LogP contribution in [0.1, 0.15) is 24.1 Å². The lowest BCUT2D eigenvalue weighted by atomic mass is 10.1. The number of rotatable bonds is 8. The molecule has 1 atom stereocenters. The fraction of sp³-hybridized carbons (Fsp3) is 0.409. The minimum Gasteiger partial charge on any atom is -0.484 e. The lowest BCUT2D eigenvalue weighted by molar-refractivity contribution is -0.123. The minimum absolute atomic E-state index is 0.144. The van der Waals surface area contributed by atoms with Crippen LogP contribution < -0.4 is 10.1 Å². The van der Waals surface area contributed by atoms with Gasteiger partial charge in [0.2, 0.25) is 10.0 Å². The third-order valence-electron chi connectivity index (χ3n) is 5.11. The zero-order valence-electron chi connectivity index (χ0n) is 18.0. The summed E-state index contributed by atoms with van der Waals surface area (Å²) in [6.07, 6.45) is 2.02. The van der Waals surface area contributed by atoms with Crippen molar-refractivity contribution in [2.45, 2.75) is 29.7 Å². The van der Waals surface area contributed by atoms with Crippen molar-refractivity contribution < 1.29 is 22.7 Å². The first kappa shape index (κ1) is 23.6. The van der Waals surface area contributed by atoms with E-state index >= 15 is 0 Å². The number of sulfonamides is 1. The molecule has 0 saturated carbocycles. The number of aryl methyl sites for hydroxylation is 1. The van der Waals surface area contributed by atoms with Gasteiger partial charge in [0.1, 0.15) is 5.75 Å². The standard InChI is InChI=1S/C22H28N2O5S2/c1-16-14-20(31(26,27)24-10-12-28-13-11-24)8-9-21(16)29-15-22(25)23-17(2)18-4-6-19(30-3)7-5-18/h4-9,14,17H,10-13,15H2,1-3H3,(H,23,25)/t17-/m1/s1. The van der Waals surface area contributed by atoms with E-state index in [2.05, 4.69) is 5.32 Å². The van der Waals surface area contributed by atoms with E-state index in [4.69, 9.17) is 9.47 Å². The molecule has 31 heavy (non-hydrogen) atoms. The summed E-state index contributed by atoms with van der Waals surface area (Å²) in [6, 6.07) is 12.6. The van der Waals surface area contributed by atoms with Gasteiger partial charge in [0, 0.05) is 18.0 Å². The number of thioether (sulfide) groups is 1. The van der Waals surface area contributed by atoms with Crippen LogP contribution in [0.15, 0.2) is 52.3 Å². The Morgan fingerprint density at radius 2 is 1.87 bits per heavy atom. The first-order chi connectivity index (χ1) is 14.8. The highest BCUT2D eigenvalue weighted by molar-refractivity contribution is 7.98. The zero-order chi connectivity index (χ0) is 22.4. The molecule has 2 aromatic rings. The van der Waals surface area contributed by atoms with Crippen LogP contribution in [0.2, 0.25) is 0 Å². The minimum atomic E-state index is -3.57. The number of nitrogens with one attached hydrogen (secondary N) is 1. The summed E-state index contributed by atoms with van der Waals surface area (Å²) in [7, 11) is -3.57. The zero-order valence-corrected chi connectivity index (χ0v) is 19.6. The molecular formula is C22H28N2O5S2. The normalized spacial score (nSPS) is 16.0. The summed E-state index contributed by atoms with van der Waals surface area (Å²) >= 11 is 1.67. The second-order valence-electron chi connectivity index (χ2n) is 7.29. The molecule has 0 unspecified atom stereocenters. The van der Waals surface area contributed by atoms with Gasteiger partial charge in [-0.15, -0.1) is 11.8 Å². The van der Waals surface area contributed by atoms with E-state index in [-0.39, 0.29) is 23.5 Å². The summed E-state index contributed by atoms with van der Waals surface area (Å²) in [5.41, 5.74) is 1.67. The Balaban J connectivity index is 1.58. The largest absolute Gasteiger partial charge is 0.484 e. The molecule has 0 spiro atoms. The van der Waals surface area contributed by atoms with Crippen LogP contribution in [0.4, 0.5) is 0 Å². The van der Waals surface area contributed by atoms with E-state index < -0.39 is 10.0 Å². The Labute approximate surface area is 188 Å². The summed E-state index contributed by atoms with van der Waals surface area (Å²) in [6.45, 7) is 5.02. The molecule has 7 nitrogen and oxygen atoms in total. The van der Waals surface area contributed by atoms with Crippen molar-refractivity contribution in [3.05, 3.63) is 53.6 Å². The highest BCUT2D eigenvalue weighted by Crippen LogP contribution is 2.25. The third-order valence-corrected chi connectivity index (χ3v) is 7.74. The fourth-order valence-electron chi connectivity index (χ4n) is 3.28. The van der Waals surface area contributed by atoms with Crippen molar-refractivity contribution in [1.82, 2.24) is 9.62 Å². The van der Waals surface area contributed by atoms with Crippen molar-refractivity contribution in [2.75, 3.05) is 39.2 Å².